The molecular formula is C16H19Cl2N3O3S. The van der Waals surface area contributed by atoms with Gasteiger partial charge < -0.3 is 15.0 Å². The highest BCUT2D eigenvalue weighted by molar-refractivity contribution is 7.99. The number of halogens is 2. The Morgan fingerprint density at radius 1 is 1.28 bits per heavy atom. The van der Waals surface area contributed by atoms with Crippen molar-refractivity contribution in [1.29, 1.82) is 0 Å². The molecule has 1 atom stereocenters. The first kappa shape index (κ1) is 18.8. The zero-order valence-electron chi connectivity index (χ0n) is 13.5. The van der Waals surface area contributed by atoms with Crippen molar-refractivity contribution in [2.24, 2.45) is 0 Å². The van der Waals surface area contributed by atoms with Gasteiger partial charge in [0.15, 0.2) is 0 Å². The van der Waals surface area contributed by atoms with Crippen LogP contribution in [0.1, 0.15) is 0 Å². The molecule has 136 valence electrons. The van der Waals surface area contributed by atoms with E-state index in [0.717, 1.165) is 0 Å². The fraction of sp³-hybridized carbons (Fsp3) is 0.500. The molecule has 0 radical (unpaired) electrons. The number of benzene rings is 1. The number of morpholine rings is 1. The summed E-state index contributed by atoms with van der Waals surface area (Å²) in [5.41, 5.74) is 0.474. The number of anilines is 1. The second-order valence-corrected chi connectivity index (χ2v) is 7.63. The predicted molar refractivity (Wildman–Crippen MR) is 100 cm³/mol. The van der Waals surface area contributed by atoms with Crippen molar-refractivity contribution in [2.75, 3.05) is 49.8 Å². The first-order valence-corrected chi connectivity index (χ1v) is 9.89. The van der Waals surface area contributed by atoms with E-state index in [0.29, 0.717) is 53.7 Å². The second kappa shape index (κ2) is 8.60. The average molecular weight is 404 g/mol. The molecule has 1 aromatic rings. The molecule has 2 saturated heterocycles. The van der Waals surface area contributed by atoms with Gasteiger partial charge in [-0.05, 0) is 12.1 Å². The number of thioether (sulfide) groups is 1. The van der Waals surface area contributed by atoms with Gasteiger partial charge in [-0.3, -0.25) is 14.5 Å². The van der Waals surface area contributed by atoms with E-state index in [9.17, 15) is 9.59 Å². The highest BCUT2D eigenvalue weighted by atomic mass is 35.5. The Hall–Kier alpha value is -0.990. The third-order valence-corrected chi connectivity index (χ3v) is 6.04. The Labute approximate surface area is 160 Å². The molecule has 9 heteroatoms. The quantitative estimate of drug-likeness (QED) is 0.834. The van der Waals surface area contributed by atoms with Gasteiger partial charge in [0, 0.05) is 24.7 Å². The predicted octanol–water partition coefficient (Wildman–Crippen LogP) is 2.17. The molecule has 25 heavy (non-hydrogen) atoms. The number of rotatable bonds is 4. The monoisotopic (exact) mass is 403 g/mol. The van der Waals surface area contributed by atoms with Crippen molar-refractivity contribution in [3.63, 3.8) is 0 Å². The van der Waals surface area contributed by atoms with Crippen molar-refractivity contribution < 1.29 is 14.3 Å². The van der Waals surface area contributed by atoms with Crippen molar-refractivity contribution in [3.05, 3.63) is 28.2 Å². The summed E-state index contributed by atoms with van der Waals surface area (Å²) in [6.45, 7) is 2.49. The number of carbonyl (C=O) groups excluding carboxylic acids is 2. The fourth-order valence-corrected chi connectivity index (χ4v) is 4.36. The van der Waals surface area contributed by atoms with Crippen LogP contribution in [0.2, 0.25) is 10.0 Å². The Morgan fingerprint density at radius 2 is 2.04 bits per heavy atom. The number of ether oxygens (including phenoxy) is 1. The lowest BCUT2D eigenvalue weighted by molar-refractivity contribution is -0.140. The highest BCUT2D eigenvalue weighted by Crippen LogP contribution is 2.29. The van der Waals surface area contributed by atoms with Gasteiger partial charge in [0.2, 0.25) is 11.8 Å². The number of hydrogen-bond acceptors (Lipinski definition) is 5. The molecule has 0 aliphatic carbocycles. The van der Waals surface area contributed by atoms with E-state index in [1.165, 1.54) is 0 Å². The maximum Gasteiger partial charge on any atom is 0.240 e. The summed E-state index contributed by atoms with van der Waals surface area (Å²) >= 11 is 13.7. The van der Waals surface area contributed by atoms with Crippen LogP contribution in [0.4, 0.5) is 5.69 Å². The first-order valence-electron chi connectivity index (χ1n) is 7.98. The summed E-state index contributed by atoms with van der Waals surface area (Å²) in [6, 6.07) is 4.80. The van der Waals surface area contributed by atoms with Gasteiger partial charge in [-0.15, -0.1) is 11.8 Å². The van der Waals surface area contributed by atoms with E-state index in [1.807, 2.05) is 9.80 Å². The van der Waals surface area contributed by atoms with Crippen LogP contribution >= 0.6 is 35.0 Å². The number of nitrogens with zero attached hydrogens (tertiary/aromatic N) is 2. The fourth-order valence-electron chi connectivity index (χ4n) is 2.83. The van der Waals surface area contributed by atoms with Crippen LogP contribution in [0, 0.1) is 0 Å². The molecule has 2 fully saturated rings. The third kappa shape index (κ3) is 4.60. The van der Waals surface area contributed by atoms with Crippen LogP contribution in [0.15, 0.2) is 18.2 Å². The summed E-state index contributed by atoms with van der Waals surface area (Å²) < 4.78 is 5.29. The molecule has 1 unspecified atom stereocenters. The molecular weight excluding hydrogens is 385 g/mol. The number of hydrogen-bond donors (Lipinski definition) is 1. The van der Waals surface area contributed by atoms with Crippen LogP contribution in [0.3, 0.4) is 0 Å². The molecule has 0 bridgehead atoms. The largest absolute Gasteiger partial charge is 0.378 e. The average Bonchev–Trinajstić information content (AvgIpc) is 3.07. The van der Waals surface area contributed by atoms with Crippen molar-refractivity contribution in [2.45, 2.75) is 6.04 Å². The normalized spacial score (nSPS) is 21.4. The molecule has 0 spiro atoms. The van der Waals surface area contributed by atoms with Gasteiger partial charge in [0.25, 0.3) is 0 Å². The van der Waals surface area contributed by atoms with Gasteiger partial charge in [0.05, 0.1) is 41.5 Å². The molecule has 3 rings (SSSR count). The summed E-state index contributed by atoms with van der Waals surface area (Å²) in [4.78, 5) is 28.8. The molecule has 1 aromatic carbocycles. The SMILES string of the molecule is O=C(CN1CSCC1C(=O)N1CCOCC1)Nc1cccc(Cl)c1Cl. The Balaban J connectivity index is 1.60. The van der Waals surface area contributed by atoms with E-state index < -0.39 is 0 Å². The Kier molecular flexibility index (Phi) is 6.46. The highest BCUT2D eigenvalue weighted by Gasteiger charge is 2.35. The smallest absolute Gasteiger partial charge is 0.240 e. The number of carbonyl (C=O) groups is 2. The van der Waals surface area contributed by atoms with Crippen molar-refractivity contribution in [3.8, 4) is 0 Å². The number of amides is 2. The van der Waals surface area contributed by atoms with Gasteiger partial charge in [-0.1, -0.05) is 29.3 Å². The second-order valence-electron chi connectivity index (χ2n) is 5.85. The molecule has 2 aliphatic rings. The standard InChI is InChI=1S/C16H19Cl2N3O3S/c17-11-2-1-3-12(15(11)18)19-14(22)8-21-10-25-9-13(21)16(23)20-4-6-24-7-5-20/h1-3,13H,4-10H2,(H,19,22). The van der Waals surface area contributed by atoms with Crippen LogP contribution in [-0.4, -0.2) is 72.1 Å². The molecule has 0 aromatic heterocycles. The first-order chi connectivity index (χ1) is 12.1. The minimum atomic E-state index is -0.274. The van der Waals surface area contributed by atoms with Gasteiger partial charge in [0.1, 0.15) is 0 Å². The van der Waals surface area contributed by atoms with E-state index >= 15 is 0 Å². The summed E-state index contributed by atoms with van der Waals surface area (Å²) in [5.74, 6) is 1.20. The summed E-state index contributed by atoms with van der Waals surface area (Å²) in [7, 11) is 0. The molecule has 2 amide bonds. The molecule has 0 saturated carbocycles. The third-order valence-electron chi connectivity index (χ3n) is 4.15. The van der Waals surface area contributed by atoms with Crippen LogP contribution in [0.25, 0.3) is 0 Å². The molecule has 2 heterocycles. The van der Waals surface area contributed by atoms with Crippen LogP contribution in [-0.2, 0) is 14.3 Å². The lowest BCUT2D eigenvalue weighted by Gasteiger charge is -2.31. The van der Waals surface area contributed by atoms with Crippen molar-refractivity contribution >= 4 is 52.5 Å². The van der Waals surface area contributed by atoms with Crippen LogP contribution < -0.4 is 5.32 Å². The zero-order valence-corrected chi connectivity index (χ0v) is 15.9. The van der Waals surface area contributed by atoms with Gasteiger partial charge in [-0.25, -0.2) is 0 Å². The Bertz CT molecular complexity index is 656. The van der Waals surface area contributed by atoms with E-state index in [-0.39, 0.29) is 24.4 Å². The maximum atomic E-state index is 12.7. The molecule has 1 N–H and O–H groups in total. The molecule has 2 aliphatic heterocycles. The number of nitrogens with one attached hydrogen (secondary N) is 1. The topological polar surface area (TPSA) is 61.9 Å². The zero-order chi connectivity index (χ0) is 17.8. The lowest BCUT2D eigenvalue weighted by Crippen LogP contribution is -2.51. The summed E-state index contributed by atoms with van der Waals surface area (Å²) in [5, 5.41) is 3.47. The maximum absolute atomic E-state index is 12.7. The van der Waals surface area contributed by atoms with Gasteiger partial charge >= 0.3 is 0 Å². The summed E-state index contributed by atoms with van der Waals surface area (Å²) in [6.07, 6.45) is 0. The van der Waals surface area contributed by atoms with Crippen molar-refractivity contribution in [1.82, 2.24) is 9.80 Å². The van der Waals surface area contributed by atoms with E-state index in [1.54, 1.807) is 30.0 Å². The molecule has 6 nitrogen and oxygen atoms in total. The van der Waals surface area contributed by atoms with Gasteiger partial charge in [-0.2, -0.15) is 0 Å². The lowest BCUT2D eigenvalue weighted by atomic mass is 10.2. The Morgan fingerprint density at radius 3 is 2.80 bits per heavy atom. The minimum absolute atomic E-state index is 0.0712. The van der Waals surface area contributed by atoms with Crippen LogP contribution in [0.5, 0.6) is 0 Å². The van der Waals surface area contributed by atoms with E-state index in [4.69, 9.17) is 27.9 Å². The minimum Gasteiger partial charge on any atom is -0.378 e. The van der Waals surface area contributed by atoms with E-state index in [2.05, 4.69) is 5.32 Å².